The van der Waals surface area contributed by atoms with E-state index in [9.17, 15) is 9.59 Å². The summed E-state index contributed by atoms with van der Waals surface area (Å²) in [6.45, 7) is 2.67. The molecule has 158 valence electrons. The highest BCUT2D eigenvalue weighted by atomic mass is 32.2. The van der Waals surface area contributed by atoms with Gasteiger partial charge in [-0.15, -0.1) is 21.5 Å². The molecular weight excluding hydrogens is 436 g/mol. The van der Waals surface area contributed by atoms with E-state index in [0.717, 1.165) is 16.3 Å². The van der Waals surface area contributed by atoms with Crippen LogP contribution in [0.3, 0.4) is 0 Å². The van der Waals surface area contributed by atoms with E-state index >= 15 is 0 Å². The summed E-state index contributed by atoms with van der Waals surface area (Å²) in [5.41, 5.74) is 5.59. The molecule has 2 amide bonds. The molecule has 0 saturated carbocycles. The lowest BCUT2D eigenvalue weighted by Crippen LogP contribution is -2.42. The van der Waals surface area contributed by atoms with E-state index in [1.54, 1.807) is 11.3 Å². The average Bonchev–Trinajstić information content (AvgIpc) is 3.56. The lowest BCUT2D eigenvalue weighted by Gasteiger charge is -2.07. The first-order chi connectivity index (χ1) is 15.2. The van der Waals surface area contributed by atoms with E-state index < -0.39 is 5.91 Å². The third-order valence-corrected chi connectivity index (χ3v) is 6.06. The molecule has 0 bridgehead atoms. The summed E-state index contributed by atoms with van der Waals surface area (Å²) in [6, 6.07) is 14.7. The number of thioether (sulfide) groups is 1. The number of benzene rings is 1. The molecular formula is C20H18N6O3S2. The SMILES string of the molecule is CCn1c(SCC(=O)NNC(=O)c2cc(-c3ccccc3)on2)nnc1-c1cccs1. The summed E-state index contributed by atoms with van der Waals surface area (Å²) in [6.07, 6.45) is 0. The van der Waals surface area contributed by atoms with Gasteiger partial charge in [0.2, 0.25) is 5.91 Å². The molecule has 0 radical (unpaired) electrons. The number of hydrogen-bond acceptors (Lipinski definition) is 8. The van der Waals surface area contributed by atoms with E-state index in [1.165, 1.54) is 17.8 Å². The van der Waals surface area contributed by atoms with Gasteiger partial charge in [0, 0.05) is 18.2 Å². The third-order valence-electron chi connectivity index (χ3n) is 4.22. The van der Waals surface area contributed by atoms with Gasteiger partial charge in [0.1, 0.15) is 0 Å². The van der Waals surface area contributed by atoms with Crippen LogP contribution < -0.4 is 10.9 Å². The Balaban J connectivity index is 1.30. The number of nitrogens with one attached hydrogen (secondary N) is 2. The maximum absolute atomic E-state index is 12.2. The largest absolute Gasteiger partial charge is 0.355 e. The number of carbonyl (C=O) groups excluding carboxylic acids is 2. The molecule has 0 aliphatic heterocycles. The third kappa shape index (κ3) is 4.84. The highest BCUT2D eigenvalue weighted by Gasteiger charge is 2.17. The van der Waals surface area contributed by atoms with Crippen molar-refractivity contribution < 1.29 is 14.1 Å². The second kappa shape index (κ2) is 9.58. The minimum atomic E-state index is -0.569. The minimum absolute atomic E-state index is 0.0664. The second-order valence-electron chi connectivity index (χ2n) is 6.26. The number of aromatic nitrogens is 4. The number of hydrogen-bond donors (Lipinski definition) is 2. The lowest BCUT2D eigenvalue weighted by molar-refractivity contribution is -0.119. The number of hydrazine groups is 1. The number of nitrogens with zero attached hydrogens (tertiary/aromatic N) is 4. The number of carbonyl (C=O) groups is 2. The first-order valence-corrected chi connectivity index (χ1v) is 11.2. The molecule has 31 heavy (non-hydrogen) atoms. The van der Waals surface area contributed by atoms with Crippen LogP contribution in [0, 0.1) is 0 Å². The quantitative estimate of drug-likeness (QED) is 0.325. The van der Waals surface area contributed by atoms with Crippen LogP contribution in [0.5, 0.6) is 0 Å². The van der Waals surface area contributed by atoms with Gasteiger partial charge in [0.25, 0.3) is 5.91 Å². The molecule has 3 heterocycles. The molecule has 4 rings (SSSR count). The highest BCUT2D eigenvalue weighted by molar-refractivity contribution is 7.99. The van der Waals surface area contributed by atoms with E-state index in [4.69, 9.17) is 4.52 Å². The fourth-order valence-corrected chi connectivity index (χ4v) is 4.27. The maximum Gasteiger partial charge on any atom is 0.291 e. The van der Waals surface area contributed by atoms with Crippen molar-refractivity contribution in [3.63, 3.8) is 0 Å². The van der Waals surface area contributed by atoms with Gasteiger partial charge in [-0.3, -0.25) is 20.4 Å². The van der Waals surface area contributed by atoms with Crippen LogP contribution in [0.1, 0.15) is 17.4 Å². The van der Waals surface area contributed by atoms with Gasteiger partial charge in [0.15, 0.2) is 22.4 Å². The van der Waals surface area contributed by atoms with E-state index in [-0.39, 0.29) is 17.4 Å². The van der Waals surface area contributed by atoms with Crippen molar-refractivity contribution in [2.24, 2.45) is 0 Å². The normalized spacial score (nSPS) is 10.7. The molecule has 4 aromatic rings. The molecule has 2 N–H and O–H groups in total. The zero-order valence-electron chi connectivity index (χ0n) is 16.4. The Kier molecular flexibility index (Phi) is 6.43. The summed E-state index contributed by atoms with van der Waals surface area (Å²) >= 11 is 2.82. The van der Waals surface area contributed by atoms with Crippen molar-refractivity contribution in [1.29, 1.82) is 0 Å². The number of rotatable bonds is 7. The summed E-state index contributed by atoms with van der Waals surface area (Å²) in [4.78, 5) is 25.4. The molecule has 1 aromatic carbocycles. The maximum atomic E-state index is 12.2. The molecule has 0 aliphatic rings. The predicted molar refractivity (Wildman–Crippen MR) is 117 cm³/mol. The van der Waals surface area contributed by atoms with Gasteiger partial charge < -0.3 is 9.09 Å². The number of amides is 2. The van der Waals surface area contributed by atoms with Gasteiger partial charge in [-0.05, 0) is 18.4 Å². The van der Waals surface area contributed by atoms with Gasteiger partial charge in [-0.1, -0.05) is 53.3 Å². The van der Waals surface area contributed by atoms with Crippen LogP contribution in [-0.4, -0.2) is 37.5 Å². The molecule has 0 spiro atoms. The van der Waals surface area contributed by atoms with Crippen molar-refractivity contribution in [3.8, 4) is 22.0 Å². The lowest BCUT2D eigenvalue weighted by atomic mass is 10.1. The second-order valence-corrected chi connectivity index (χ2v) is 8.15. The molecule has 0 fully saturated rings. The standard InChI is InChI=1S/C20H18N6O3S2/c1-2-26-18(16-9-6-10-30-16)22-24-20(26)31-12-17(27)21-23-19(28)14-11-15(29-25-14)13-7-4-3-5-8-13/h3-11H,2,12H2,1H3,(H,21,27)(H,23,28). The minimum Gasteiger partial charge on any atom is -0.355 e. The molecule has 9 nitrogen and oxygen atoms in total. The Bertz CT molecular complexity index is 1170. The van der Waals surface area contributed by atoms with Crippen molar-refractivity contribution >= 4 is 34.9 Å². The molecule has 0 atom stereocenters. The molecule has 3 aromatic heterocycles. The van der Waals surface area contributed by atoms with Crippen LogP contribution in [0.25, 0.3) is 22.0 Å². The zero-order valence-corrected chi connectivity index (χ0v) is 18.1. The van der Waals surface area contributed by atoms with Crippen LogP contribution in [-0.2, 0) is 11.3 Å². The fourth-order valence-electron chi connectivity index (χ4n) is 2.75. The van der Waals surface area contributed by atoms with Gasteiger partial charge in [-0.2, -0.15) is 0 Å². The van der Waals surface area contributed by atoms with Crippen molar-refractivity contribution in [2.45, 2.75) is 18.6 Å². The first kappa shape index (κ1) is 20.8. The first-order valence-electron chi connectivity index (χ1n) is 9.37. The van der Waals surface area contributed by atoms with Crippen LogP contribution in [0.4, 0.5) is 0 Å². The van der Waals surface area contributed by atoms with Gasteiger partial charge >= 0.3 is 0 Å². The Labute approximate surface area is 185 Å². The van der Waals surface area contributed by atoms with Crippen molar-refractivity contribution in [3.05, 3.63) is 59.6 Å². The van der Waals surface area contributed by atoms with E-state index in [2.05, 4.69) is 26.2 Å². The average molecular weight is 455 g/mol. The highest BCUT2D eigenvalue weighted by Crippen LogP contribution is 2.27. The summed E-state index contributed by atoms with van der Waals surface area (Å²) < 4.78 is 7.14. The summed E-state index contributed by atoms with van der Waals surface area (Å²) in [7, 11) is 0. The van der Waals surface area contributed by atoms with Gasteiger partial charge in [-0.25, -0.2) is 0 Å². The van der Waals surface area contributed by atoms with Crippen molar-refractivity contribution in [2.75, 3.05) is 5.75 Å². The van der Waals surface area contributed by atoms with Crippen LogP contribution in [0.15, 0.2) is 63.6 Å². The predicted octanol–water partition coefficient (Wildman–Crippen LogP) is 3.23. The monoisotopic (exact) mass is 454 g/mol. The molecule has 0 aliphatic carbocycles. The Morgan fingerprint density at radius 1 is 1.13 bits per heavy atom. The Morgan fingerprint density at radius 2 is 1.97 bits per heavy atom. The molecule has 0 unspecified atom stereocenters. The van der Waals surface area contributed by atoms with Gasteiger partial charge in [0.05, 0.1) is 10.6 Å². The summed E-state index contributed by atoms with van der Waals surface area (Å²) in [5, 5.41) is 14.8. The van der Waals surface area contributed by atoms with E-state index in [1.807, 2.05) is 59.3 Å². The Hall–Kier alpha value is -3.44. The zero-order chi connectivity index (χ0) is 21.6. The molecule has 0 saturated heterocycles. The molecule has 11 heteroatoms. The fraction of sp³-hybridized carbons (Fsp3) is 0.150. The van der Waals surface area contributed by atoms with Crippen LogP contribution >= 0.6 is 23.1 Å². The number of thiophene rings is 1. The van der Waals surface area contributed by atoms with Crippen LogP contribution in [0.2, 0.25) is 0 Å². The Morgan fingerprint density at radius 3 is 2.71 bits per heavy atom. The smallest absolute Gasteiger partial charge is 0.291 e. The van der Waals surface area contributed by atoms with Crippen molar-refractivity contribution in [1.82, 2.24) is 30.8 Å². The summed E-state index contributed by atoms with van der Waals surface area (Å²) in [5.74, 6) is 0.355. The topological polar surface area (TPSA) is 115 Å². The van der Waals surface area contributed by atoms with E-state index in [0.29, 0.717) is 17.5 Å².